The number of hydrogen-bond acceptors (Lipinski definition) is 6. The molecule has 1 saturated heterocycles. The molecule has 0 radical (unpaired) electrons. The maximum atomic E-state index is 6.26. The molecule has 156 valence electrons. The van der Waals surface area contributed by atoms with Gasteiger partial charge in [-0.2, -0.15) is 5.10 Å². The third-order valence-electron chi connectivity index (χ3n) is 5.66. The topological polar surface area (TPSA) is 98.1 Å². The van der Waals surface area contributed by atoms with E-state index in [1.165, 1.54) is 10.6 Å². The number of hydrazine groups is 1. The Kier molecular flexibility index (Phi) is 7.09. The number of hydrazone groups is 1. The molecule has 7 nitrogen and oxygen atoms in total. The van der Waals surface area contributed by atoms with Crippen molar-refractivity contribution < 1.29 is 9.47 Å². The van der Waals surface area contributed by atoms with Gasteiger partial charge in [0.25, 0.3) is 0 Å². The van der Waals surface area contributed by atoms with Crippen LogP contribution in [0.5, 0.6) is 5.75 Å². The molecule has 29 heavy (non-hydrogen) atoms. The molecule has 0 aromatic heterocycles. The summed E-state index contributed by atoms with van der Waals surface area (Å²) in [6, 6.07) is 16.4. The molecule has 1 fully saturated rings. The molecule has 0 amide bonds. The maximum Gasteiger partial charge on any atom is 0.140 e. The first kappa shape index (κ1) is 21.1. The second-order valence-corrected chi connectivity index (χ2v) is 7.43. The van der Waals surface area contributed by atoms with Crippen molar-refractivity contribution in [2.45, 2.75) is 31.8 Å². The Morgan fingerprint density at radius 2 is 1.90 bits per heavy atom. The Hall–Kier alpha value is -2.61. The summed E-state index contributed by atoms with van der Waals surface area (Å²) in [7, 11) is 1.66. The van der Waals surface area contributed by atoms with E-state index in [2.05, 4.69) is 40.8 Å². The van der Waals surface area contributed by atoms with E-state index in [1.54, 1.807) is 14.0 Å². The van der Waals surface area contributed by atoms with E-state index in [0.29, 0.717) is 19.0 Å². The van der Waals surface area contributed by atoms with Gasteiger partial charge in [-0.15, -0.1) is 0 Å². The van der Waals surface area contributed by atoms with Gasteiger partial charge >= 0.3 is 0 Å². The van der Waals surface area contributed by atoms with Gasteiger partial charge in [-0.3, -0.25) is 5.01 Å². The zero-order chi connectivity index (χ0) is 20.7. The summed E-state index contributed by atoms with van der Waals surface area (Å²) >= 11 is 0. The summed E-state index contributed by atoms with van der Waals surface area (Å²) in [5.74, 6) is 12.7. The van der Waals surface area contributed by atoms with Crippen molar-refractivity contribution in [3.8, 4) is 5.75 Å². The number of piperidine rings is 1. The molecular formula is C22H31N5O2. The van der Waals surface area contributed by atoms with Gasteiger partial charge in [-0.25, -0.2) is 5.84 Å². The molecule has 0 atom stereocenters. The van der Waals surface area contributed by atoms with Crippen LogP contribution in [0.3, 0.4) is 0 Å². The number of nitrogens with zero attached hydrogens (tertiary/aromatic N) is 2. The largest absolute Gasteiger partial charge is 0.496 e. The van der Waals surface area contributed by atoms with Gasteiger partial charge in [-0.05, 0) is 56.6 Å². The first-order chi connectivity index (χ1) is 14.1. The van der Waals surface area contributed by atoms with Crippen molar-refractivity contribution in [2.24, 2.45) is 16.8 Å². The summed E-state index contributed by atoms with van der Waals surface area (Å²) in [5.41, 5.74) is 3.07. The fraction of sp³-hybridized carbons (Fsp3) is 0.409. The van der Waals surface area contributed by atoms with Crippen molar-refractivity contribution in [1.29, 1.82) is 0 Å². The lowest BCUT2D eigenvalue weighted by Gasteiger charge is -2.38. The van der Waals surface area contributed by atoms with Crippen molar-refractivity contribution in [3.05, 3.63) is 59.7 Å². The Bertz CT molecular complexity index is 819. The van der Waals surface area contributed by atoms with Gasteiger partial charge in [-0.1, -0.05) is 30.3 Å². The van der Waals surface area contributed by atoms with Gasteiger partial charge in [0.15, 0.2) is 0 Å². The molecule has 2 aromatic rings. The SMILES string of the molecule is COc1ccc(N(N)/C(C)=N\N)cc1COCC1(c2ccccc2)CCNCC1. The molecule has 0 spiro atoms. The van der Waals surface area contributed by atoms with E-state index in [4.69, 9.17) is 21.2 Å². The summed E-state index contributed by atoms with van der Waals surface area (Å²) in [5, 5.41) is 8.55. The fourth-order valence-corrected chi connectivity index (χ4v) is 3.85. The Balaban J connectivity index is 1.76. The molecule has 7 heteroatoms. The van der Waals surface area contributed by atoms with Crippen LogP contribution in [0.1, 0.15) is 30.9 Å². The van der Waals surface area contributed by atoms with Crippen LogP contribution in [0.25, 0.3) is 0 Å². The number of ether oxygens (including phenoxy) is 2. The number of nitrogens with one attached hydrogen (secondary N) is 1. The predicted molar refractivity (Wildman–Crippen MR) is 117 cm³/mol. The standard InChI is InChI=1S/C22H31N5O2/c1-17(26-23)27(24)20-8-9-21(28-2)18(14-20)15-29-16-22(10-12-25-13-11-22)19-6-4-3-5-7-19/h3-9,14,25H,10-13,15-16,23-24H2,1-2H3/b26-17-. The number of anilines is 1. The number of benzene rings is 2. The van der Waals surface area contributed by atoms with E-state index in [0.717, 1.165) is 42.9 Å². The molecule has 1 aliphatic rings. The van der Waals surface area contributed by atoms with Crippen molar-refractivity contribution in [2.75, 3.05) is 31.8 Å². The van der Waals surface area contributed by atoms with Crippen LogP contribution < -0.4 is 26.7 Å². The first-order valence-electron chi connectivity index (χ1n) is 9.90. The monoisotopic (exact) mass is 397 g/mol. The van der Waals surface area contributed by atoms with Crippen LogP contribution in [0.2, 0.25) is 0 Å². The average molecular weight is 398 g/mol. The lowest BCUT2D eigenvalue weighted by atomic mass is 9.74. The first-order valence-corrected chi connectivity index (χ1v) is 9.90. The van der Waals surface area contributed by atoms with E-state index in [9.17, 15) is 0 Å². The number of hydrogen-bond donors (Lipinski definition) is 3. The summed E-state index contributed by atoms with van der Waals surface area (Å²) in [4.78, 5) is 0. The Morgan fingerprint density at radius 1 is 1.17 bits per heavy atom. The van der Waals surface area contributed by atoms with Crippen LogP contribution in [0.4, 0.5) is 5.69 Å². The minimum Gasteiger partial charge on any atom is -0.496 e. The molecule has 0 saturated carbocycles. The van der Waals surface area contributed by atoms with E-state index in [1.807, 2.05) is 18.2 Å². The zero-order valence-electron chi connectivity index (χ0n) is 17.2. The maximum absolute atomic E-state index is 6.26. The van der Waals surface area contributed by atoms with E-state index >= 15 is 0 Å². The molecule has 0 aliphatic carbocycles. The lowest BCUT2D eigenvalue weighted by Crippen LogP contribution is -2.43. The summed E-state index contributed by atoms with van der Waals surface area (Å²) < 4.78 is 11.8. The second-order valence-electron chi connectivity index (χ2n) is 7.43. The van der Waals surface area contributed by atoms with Crippen molar-refractivity contribution in [1.82, 2.24) is 5.32 Å². The molecule has 1 heterocycles. The Morgan fingerprint density at radius 3 is 2.55 bits per heavy atom. The minimum atomic E-state index is 0.0278. The molecule has 0 unspecified atom stereocenters. The molecule has 2 aromatic carbocycles. The third-order valence-corrected chi connectivity index (χ3v) is 5.66. The molecule has 5 N–H and O–H groups in total. The highest BCUT2D eigenvalue weighted by atomic mass is 16.5. The molecule has 0 bridgehead atoms. The third kappa shape index (κ3) is 4.87. The molecular weight excluding hydrogens is 366 g/mol. The van der Waals surface area contributed by atoms with Gasteiger partial charge in [0.1, 0.15) is 11.6 Å². The van der Waals surface area contributed by atoms with Crippen molar-refractivity contribution >= 4 is 11.5 Å². The van der Waals surface area contributed by atoms with Crippen LogP contribution in [0, 0.1) is 0 Å². The Labute approximate surface area is 172 Å². The lowest BCUT2D eigenvalue weighted by molar-refractivity contribution is 0.0555. The summed E-state index contributed by atoms with van der Waals surface area (Å²) in [6.07, 6.45) is 2.11. The highest BCUT2D eigenvalue weighted by molar-refractivity contribution is 5.94. The number of rotatable bonds is 7. The summed E-state index contributed by atoms with van der Waals surface area (Å²) in [6.45, 7) is 4.84. The van der Waals surface area contributed by atoms with Gasteiger partial charge in [0.05, 0.1) is 26.0 Å². The number of methoxy groups -OCH3 is 1. The zero-order valence-corrected chi connectivity index (χ0v) is 17.2. The smallest absolute Gasteiger partial charge is 0.140 e. The molecule has 1 aliphatic heterocycles. The quantitative estimate of drug-likeness (QED) is 0.287. The van der Waals surface area contributed by atoms with Crippen molar-refractivity contribution in [3.63, 3.8) is 0 Å². The highest BCUT2D eigenvalue weighted by Crippen LogP contribution is 2.34. The fourth-order valence-electron chi connectivity index (χ4n) is 3.85. The van der Waals surface area contributed by atoms with E-state index < -0.39 is 0 Å². The van der Waals surface area contributed by atoms with Crippen LogP contribution in [0.15, 0.2) is 53.6 Å². The van der Waals surface area contributed by atoms with Crippen LogP contribution in [-0.4, -0.2) is 32.6 Å². The number of nitrogens with two attached hydrogens (primary N) is 2. The highest BCUT2D eigenvalue weighted by Gasteiger charge is 2.34. The van der Waals surface area contributed by atoms with Gasteiger partial charge in [0.2, 0.25) is 0 Å². The second kappa shape index (κ2) is 9.73. The number of amidine groups is 1. The van der Waals surface area contributed by atoms with Gasteiger partial charge < -0.3 is 20.6 Å². The van der Waals surface area contributed by atoms with E-state index in [-0.39, 0.29) is 5.41 Å². The molecule has 3 rings (SSSR count). The van der Waals surface area contributed by atoms with Crippen LogP contribution >= 0.6 is 0 Å². The predicted octanol–water partition coefficient (Wildman–Crippen LogP) is 2.51. The van der Waals surface area contributed by atoms with Crippen LogP contribution in [-0.2, 0) is 16.8 Å². The normalized spacial score (nSPS) is 16.4. The average Bonchev–Trinajstić information content (AvgIpc) is 2.79. The minimum absolute atomic E-state index is 0.0278. The van der Waals surface area contributed by atoms with Gasteiger partial charge in [0, 0.05) is 11.0 Å².